The first-order chi connectivity index (χ1) is 9.29. The Morgan fingerprint density at radius 2 is 2.21 bits per heavy atom. The molecule has 5 nitrogen and oxygen atoms in total. The fourth-order valence-corrected chi connectivity index (χ4v) is 2.83. The highest BCUT2D eigenvalue weighted by atomic mass is 32.1. The second-order valence-electron chi connectivity index (χ2n) is 4.28. The molecule has 0 amide bonds. The van der Waals surface area contributed by atoms with E-state index in [1.54, 1.807) is 6.20 Å². The molecule has 1 aromatic carbocycles. The molecule has 1 atom stereocenters. The van der Waals surface area contributed by atoms with Crippen LogP contribution in [0.25, 0.3) is 10.9 Å². The van der Waals surface area contributed by atoms with Gasteiger partial charge in [-0.2, -0.15) is 0 Å². The van der Waals surface area contributed by atoms with E-state index < -0.39 is 0 Å². The average Bonchev–Trinajstić information content (AvgIpc) is 2.86. The molecule has 0 saturated heterocycles. The molecule has 0 radical (unpaired) electrons. The quantitative estimate of drug-likeness (QED) is 0.562. The number of nitrogens with two attached hydrogens (primary N) is 1. The van der Waals surface area contributed by atoms with E-state index in [2.05, 4.69) is 26.1 Å². The van der Waals surface area contributed by atoms with Gasteiger partial charge in [0.15, 0.2) is 0 Å². The third kappa shape index (κ3) is 2.21. The second kappa shape index (κ2) is 5.00. The van der Waals surface area contributed by atoms with Crippen molar-refractivity contribution in [3.05, 3.63) is 52.7 Å². The Morgan fingerprint density at radius 1 is 1.32 bits per heavy atom. The molecule has 19 heavy (non-hydrogen) atoms. The van der Waals surface area contributed by atoms with Crippen molar-refractivity contribution in [2.75, 3.05) is 0 Å². The molecule has 0 bridgehead atoms. The molecule has 0 spiro atoms. The molecule has 0 saturated carbocycles. The third-order valence-electron chi connectivity index (χ3n) is 3.08. The maximum atomic E-state index is 5.69. The van der Waals surface area contributed by atoms with Crippen LogP contribution in [0.3, 0.4) is 0 Å². The lowest BCUT2D eigenvalue weighted by Gasteiger charge is -2.15. The van der Waals surface area contributed by atoms with E-state index in [0.717, 1.165) is 27.0 Å². The number of hydrogen-bond acceptors (Lipinski definition) is 6. The summed E-state index contributed by atoms with van der Waals surface area (Å²) in [4.78, 5) is 5.35. The van der Waals surface area contributed by atoms with Crippen LogP contribution in [-0.2, 0) is 0 Å². The Morgan fingerprint density at radius 3 is 2.95 bits per heavy atom. The number of aromatic nitrogens is 3. The SMILES string of the molecule is Cc1nnsc1C(NN)c1ccc2ncccc2c1. The number of pyridine rings is 1. The molecule has 3 N–H and O–H groups in total. The molecule has 0 aliphatic heterocycles. The minimum Gasteiger partial charge on any atom is -0.271 e. The first-order valence-corrected chi connectivity index (χ1v) is 6.66. The largest absolute Gasteiger partial charge is 0.271 e. The van der Waals surface area contributed by atoms with E-state index >= 15 is 0 Å². The molecule has 3 rings (SSSR count). The Kier molecular flexibility index (Phi) is 3.20. The fraction of sp³-hybridized carbons (Fsp3) is 0.154. The van der Waals surface area contributed by atoms with Crippen LogP contribution in [0.5, 0.6) is 0 Å². The van der Waals surface area contributed by atoms with Crippen molar-refractivity contribution in [3.8, 4) is 0 Å². The maximum absolute atomic E-state index is 5.69. The molecule has 0 aliphatic rings. The number of benzene rings is 1. The smallest absolute Gasteiger partial charge is 0.0837 e. The van der Waals surface area contributed by atoms with Gasteiger partial charge in [0.05, 0.1) is 22.1 Å². The standard InChI is InChI=1S/C13H13N5S/c1-8-13(19-18-17-8)12(16-14)10-4-5-11-9(7-10)3-2-6-15-11/h2-7,12,16H,14H2,1H3. The van der Waals surface area contributed by atoms with Crippen molar-refractivity contribution >= 4 is 22.4 Å². The number of rotatable bonds is 3. The van der Waals surface area contributed by atoms with Gasteiger partial charge >= 0.3 is 0 Å². The highest BCUT2D eigenvalue weighted by Crippen LogP contribution is 2.27. The zero-order chi connectivity index (χ0) is 13.2. The molecule has 1 unspecified atom stereocenters. The number of fused-ring (bicyclic) bond motifs is 1. The van der Waals surface area contributed by atoms with Crippen molar-refractivity contribution in [1.82, 2.24) is 20.0 Å². The Hall–Kier alpha value is -1.89. The van der Waals surface area contributed by atoms with Gasteiger partial charge in [0.1, 0.15) is 0 Å². The fourth-order valence-electron chi connectivity index (χ4n) is 2.10. The van der Waals surface area contributed by atoms with Crippen LogP contribution >= 0.6 is 11.5 Å². The molecule has 6 heteroatoms. The van der Waals surface area contributed by atoms with Gasteiger partial charge in [-0.05, 0) is 42.2 Å². The summed E-state index contributed by atoms with van der Waals surface area (Å²) in [7, 11) is 0. The minimum atomic E-state index is -0.0930. The van der Waals surface area contributed by atoms with Crippen molar-refractivity contribution < 1.29 is 0 Å². The normalized spacial score (nSPS) is 12.7. The van der Waals surface area contributed by atoms with Crippen LogP contribution in [0, 0.1) is 6.92 Å². The second-order valence-corrected chi connectivity index (χ2v) is 5.06. The topological polar surface area (TPSA) is 76.7 Å². The Labute approximate surface area is 114 Å². The Balaban J connectivity index is 2.09. The van der Waals surface area contributed by atoms with E-state index in [9.17, 15) is 0 Å². The van der Waals surface area contributed by atoms with Gasteiger partial charge in [0.25, 0.3) is 0 Å². The summed E-state index contributed by atoms with van der Waals surface area (Å²) in [6.07, 6.45) is 1.79. The highest BCUT2D eigenvalue weighted by Gasteiger charge is 2.18. The van der Waals surface area contributed by atoms with E-state index in [-0.39, 0.29) is 6.04 Å². The molecular formula is C13H13N5S. The van der Waals surface area contributed by atoms with Gasteiger partial charge in [-0.1, -0.05) is 16.6 Å². The lowest BCUT2D eigenvalue weighted by Crippen LogP contribution is -2.28. The van der Waals surface area contributed by atoms with E-state index in [1.807, 2.05) is 31.2 Å². The monoisotopic (exact) mass is 271 g/mol. The van der Waals surface area contributed by atoms with Crippen LogP contribution in [0.4, 0.5) is 0 Å². The molecule has 0 fully saturated rings. The van der Waals surface area contributed by atoms with Crippen molar-refractivity contribution in [1.29, 1.82) is 0 Å². The summed E-state index contributed by atoms with van der Waals surface area (Å²) >= 11 is 1.36. The summed E-state index contributed by atoms with van der Waals surface area (Å²) in [5, 5.41) is 5.13. The van der Waals surface area contributed by atoms with E-state index in [0.29, 0.717) is 0 Å². The molecule has 2 heterocycles. The summed E-state index contributed by atoms with van der Waals surface area (Å²) < 4.78 is 3.96. The zero-order valence-corrected chi connectivity index (χ0v) is 11.2. The number of hydrazine groups is 1. The van der Waals surface area contributed by atoms with Crippen molar-refractivity contribution in [2.24, 2.45) is 5.84 Å². The van der Waals surface area contributed by atoms with Crippen molar-refractivity contribution in [3.63, 3.8) is 0 Å². The van der Waals surface area contributed by atoms with Gasteiger partial charge in [-0.25, -0.2) is 5.43 Å². The summed E-state index contributed by atoms with van der Waals surface area (Å²) in [5.74, 6) is 5.69. The van der Waals surface area contributed by atoms with Gasteiger partial charge in [-0.15, -0.1) is 5.10 Å². The van der Waals surface area contributed by atoms with Crippen LogP contribution in [0.1, 0.15) is 22.2 Å². The van der Waals surface area contributed by atoms with E-state index in [1.165, 1.54) is 11.5 Å². The van der Waals surface area contributed by atoms with Gasteiger partial charge in [0.2, 0.25) is 0 Å². The first-order valence-electron chi connectivity index (χ1n) is 5.89. The van der Waals surface area contributed by atoms with Crippen LogP contribution < -0.4 is 11.3 Å². The average molecular weight is 271 g/mol. The summed E-state index contributed by atoms with van der Waals surface area (Å²) in [6, 6.07) is 9.99. The molecule has 96 valence electrons. The number of hydrogen-bond donors (Lipinski definition) is 2. The maximum Gasteiger partial charge on any atom is 0.0837 e. The number of nitrogens with zero attached hydrogens (tertiary/aromatic N) is 3. The van der Waals surface area contributed by atoms with Gasteiger partial charge < -0.3 is 0 Å². The molecule has 2 aromatic heterocycles. The Bertz CT molecular complexity index is 709. The van der Waals surface area contributed by atoms with Gasteiger partial charge in [-0.3, -0.25) is 10.8 Å². The predicted molar refractivity (Wildman–Crippen MR) is 75.6 cm³/mol. The summed E-state index contributed by atoms with van der Waals surface area (Å²) in [5.41, 5.74) is 5.79. The molecule has 0 aliphatic carbocycles. The third-order valence-corrected chi connectivity index (χ3v) is 3.97. The minimum absolute atomic E-state index is 0.0930. The van der Waals surface area contributed by atoms with E-state index in [4.69, 9.17) is 5.84 Å². The lowest BCUT2D eigenvalue weighted by atomic mass is 10.0. The first kappa shape index (κ1) is 12.2. The predicted octanol–water partition coefficient (Wildman–Crippen LogP) is 1.95. The molecular weight excluding hydrogens is 258 g/mol. The number of aryl methyl sites for hydroxylation is 1. The molecule has 3 aromatic rings. The van der Waals surface area contributed by atoms with Crippen molar-refractivity contribution in [2.45, 2.75) is 13.0 Å². The summed E-state index contributed by atoms with van der Waals surface area (Å²) in [6.45, 7) is 1.94. The van der Waals surface area contributed by atoms with Crippen LogP contribution in [0.2, 0.25) is 0 Å². The lowest BCUT2D eigenvalue weighted by molar-refractivity contribution is 0.642. The highest BCUT2D eigenvalue weighted by molar-refractivity contribution is 7.05. The van der Waals surface area contributed by atoms with Crippen LogP contribution in [-0.4, -0.2) is 14.6 Å². The van der Waals surface area contributed by atoms with Gasteiger partial charge in [0, 0.05) is 11.6 Å². The zero-order valence-electron chi connectivity index (χ0n) is 10.4. The number of nitrogens with one attached hydrogen (secondary N) is 1. The van der Waals surface area contributed by atoms with Crippen LogP contribution in [0.15, 0.2) is 36.5 Å².